The summed E-state index contributed by atoms with van der Waals surface area (Å²) in [5.74, 6) is -0.830. The van der Waals surface area contributed by atoms with Crippen LogP contribution in [0, 0.1) is 10.1 Å². The first-order chi connectivity index (χ1) is 16.7. The summed E-state index contributed by atoms with van der Waals surface area (Å²) in [6, 6.07) is 4.33. The molecule has 2 N–H and O–H groups in total. The number of nitrogens with zero attached hydrogens (tertiary/aromatic N) is 1. The van der Waals surface area contributed by atoms with Crippen LogP contribution in [-0.2, 0) is 4.74 Å². The van der Waals surface area contributed by atoms with E-state index in [2.05, 4.69) is 30.8 Å². The first-order valence-electron chi connectivity index (χ1n) is 13.0. The number of rotatable bonds is 18. The SMILES string of the molecule is CCCC[P+](CCCC)(CCCC)CCCNC(=O)c1ccc(C(C)COC(=O)O)c([N+](=O)[O-])c1. The fourth-order valence-electron chi connectivity index (χ4n) is 4.42. The van der Waals surface area contributed by atoms with Crippen LogP contribution in [0.15, 0.2) is 18.2 Å². The molecule has 1 aromatic carbocycles. The molecule has 0 aliphatic rings. The quantitative estimate of drug-likeness (QED) is 0.0725. The van der Waals surface area contributed by atoms with E-state index < -0.39 is 24.3 Å². The Morgan fingerprint density at radius 1 is 1.03 bits per heavy atom. The first kappa shape index (κ1) is 30.8. The molecule has 1 rings (SSSR count). The second kappa shape index (κ2) is 16.5. The van der Waals surface area contributed by atoms with Crippen molar-refractivity contribution in [1.82, 2.24) is 5.32 Å². The zero-order valence-electron chi connectivity index (χ0n) is 21.9. The number of carboxylic acid groups (broad SMARTS) is 1. The van der Waals surface area contributed by atoms with Crippen LogP contribution in [0.5, 0.6) is 0 Å². The van der Waals surface area contributed by atoms with E-state index in [1.165, 1.54) is 75.3 Å². The molecular formula is C26H44N2O6P+. The van der Waals surface area contributed by atoms with E-state index in [0.29, 0.717) is 12.1 Å². The van der Waals surface area contributed by atoms with Crippen molar-refractivity contribution in [1.29, 1.82) is 0 Å². The maximum absolute atomic E-state index is 12.7. The summed E-state index contributed by atoms with van der Waals surface area (Å²) in [5.41, 5.74) is 0.365. The molecule has 9 heteroatoms. The number of nitro groups is 1. The minimum atomic E-state index is -1.43. The summed E-state index contributed by atoms with van der Waals surface area (Å²) in [5, 5.41) is 23.2. The Kier molecular flexibility index (Phi) is 14.5. The van der Waals surface area contributed by atoms with Crippen LogP contribution in [0.1, 0.15) is 94.5 Å². The van der Waals surface area contributed by atoms with E-state index in [0.717, 1.165) is 6.42 Å². The lowest BCUT2D eigenvalue weighted by atomic mass is 9.98. The van der Waals surface area contributed by atoms with Gasteiger partial charge >= 0.3 is 6.16 Å². The number of hydrogen-bond donors (Lipinski definition) is 2. The lowest BCUT2D eigenvalue weighted by Gasteiger charge is -2.28. The molecule has 8 nitrogen and oxygen atoms in total. The maximum atomic E-state index is 12.7. The molecule has 0 aliphatic heterocycles. The predicted octanol–water partition coefficient (Wildman–Crippen LogP) is 6.93. The van der Waals surface area contributed by atoms with E-state index in [-0.39, 0.29) is 23.8 Å². The number of ether oxygens (including phenoxy) is 1. The average Bonchev–Trinajstić information content (AvgIpc) is 2.85. The Labute approximate surface area is 210 Å². The molecule has 198 valence electrons. The molecule has 1 atom stereocenters. The van der Waals surface area contributed by atoms with Gasteiger partial charge in [-0.2, -0.15) is 0 Å². The summed E-state index contributed by atoms with van der Waals surface area (Å²) in [6.07, 6.45) is 12.2. The van der Waals surface area contributed by atoms with Crippen molar-refractivity contribution in [2.45, 2.75) is 78.6 Å². The van der Waals surface area contributed by atoms with E-state index in [9.17, 15) is 19.7 Å². The van der Waals surface area contributed by atoms with Gasteiger partial charge in [0.05, 0.1) is 29.6 Å². The van der Waals surface area contributed by atoms with E-state index in [1.54, 1.807) is 13.0 Å². The maximum Gasteiger partial charge on any atom is 0.505 e. The molecular weight excluding hydrogens is 467 g/mol. The largest absolute Gasteiger partial charge is 0.505 e. The first-order valence-corrected chi connectivity index (χ1v) is 15.5. The predicted molar refractivity (Wildman–Crippen MR) is 144 cm³/mol. The number of benzene rings is 1. The van der Waals surface area contributed by atoms with Gasteiger partial charge < -0.3 is 15.2 Å². The highest BCUT2D eigenvalue weighted by Crippen LogP contribution is 2.61. The average molecular weight is 512 g/mol. The van der Waals surface area contributed by atoms with Crippen molar-refractivity contribution in [3.8, 4) is 0 Å². The highest BCUT2D eigenvalue weighted by atomic mass is 31.2. The van der Waals surface area contributed by atoms with Gasteiger partial charge in [0, 0.05) is 36.9 Å². The molecule has 0 spiro atoms. The van der Waals surface area contributed by atoms with Gasteiger partial charge in [-0.25, -0.2) is 4.79 Å². The summed E-state index contributed by atoms with van der Waals surface area (Å²) in [6.45, 7) is 8.76. The molecule has 0 bridgehead atoms. The molecule has 0 radical (unpaired) electrons. The van der Waals surface area contributed by atoms with Crippen molar-refractivity contribution in [2.24, 2.45) is 0 Å². The number of amides is 1. The molecule has 35 heavy (non-hydrogen) atoms. The lowest BCUT2D eigenvalue weighted by Crippen LogP contribution is -2.26. The molecule has 0 saturated carbocycles. The van der Waals surface area contributed by atoms with Crippen molar-refractivity contribution in [2.75, 3.05) is 37.8 Å². The van der Waals surface area contributed by atoms with Crippen LogP contribution in [0.4, 0.5) is 10.5 Å². The summed E-state index contributed by atoms with van der Waals surface area (Å²) < 4.78 is 4.55. The van der Waals surface area contributed by atoms with Gasteiger partial charge in [0.15, 0.2) is 0 Å². The van der Waals surface area contributed by atoms with Crippen LogP contribution in [-0.4, -0.2) is 59.9 Å². The molecule has 0 saturated heterocycles. The summed E-state index contributed by atoms with van der Waals surface area (Å²) in [4.78, 5) is 34.4. The highest BCUT2D eigenvalue weighted by Gasteiger charge is 2.34. The smallest absolute Gasteiger partial charge is 0.450 e. The third-order valence-electron chi connectivity index (χ3n) is 6.53. The van der Waals surface area contributed by atoms with Crippen molar-refractivity contribution >= 4 is 25.0 Å². The number of carbonyl (C=O) groups excluding carboxylic acids is 1. The minimum Gasteiger partial charge on any atom is -0.450 e. The molecule has 0 aliphatic carbocycles. The van der Waals surface area contributed by atoms with Gasteiger partial charge in [0.1, 0.15) is 6.61 Å². The van der Waals surface area contributed by atoms with Crippen molar-refractivity contribution in [3.63, 3.8) is 0 Å². The minimum absolute atomic E-state index is 0.194. The molecule has 1 amide bonds. The molecule has 1 aromatic rings. The van der Waals surface area contributed by atoms with Gasteiger partial charge in [-0.05, 0) is 31.7 Å². The van der Waals surface area contributed by atoms with E-state index >= 15 is 0 Å². The number of nitro benzene ring substituents is 1. The number of unbranched alkanes of at least 4 members (excludes halogenated alkanes) is 3. The van der Waals surface area contributed by atoms with Crippen molar-refractivity contribution < 1.29 is 24.4 Å². The van der Waals surface area contributed by atoms with Gasteiger partial charge in [0.25, 0.3) is 11.6 Å². The van der Waals surface area contributed by atoms with Crippen LogP contribution in [0.2, 0.25) is 0 Å². The summed E-state index contributed by atoms with van der Waals surface area (Å²) in [7, 11) is -1.02. The zero-order valence-corrected chi connectivity index (χ0v) is 22.8. The normalized spacial score (nSPS) is 12.2. The van der Waals surface area contributed by atoms with Gasteiger partial charge in [0.2, 0.25) is 0 Å². The second-order valence-corrected chi connectivity index (χ2v) is 13.9. The second-order valence-electron chi connectivity index (χ2n) is 9.41. The van der Waals surface area contributed by atoms with Gasteiger partial charge in [-0.15, -0.1) is 0 Å². The molecule has 0 aromatic heterocycles. The van der Waals surface area contributed by atoms with E-state index in [1.807, 2.05) is 0 Å². The zero-order chi connectivity index (χ0) is 26.3. The Balaban J connectivity index is 2.82. The lowest BCUT2D eigenvalue weighted by molar-refractivity contribution is -0.385. The standard InChI is InChI=1S/C26H43N2O6P/c1-5-8-15-35(16-9-6-2,17-10-7-3)18-11-14-27-25(29)22-12-13-23(24(19-22)28(32)33)21(4)20-34-26(30)31/h12-13,19,21H,5-11,14-18,20H2,1-4H3,(H-,27,29,30,31)/p+1. The van der Waals surface area contributed by atoms with Gasteiger partial charge in [-0.3, -0.25) is 14.9 Å². The van der Waals surface area contributed by atoms with Crippen LogP contribution in [0.3, 0.4) is 0 Å². The van der Waals surface area contributed by atoms with Crippen LogP contribution >= 0.6 is 7.26 Å². The number of nitrogens with one attached hydrogen (secondary N) is 1. The van der Waals surface area contributed by atoms with Crippen LogP contribution < -0.4 is 5.32 Å². The fourth-order valence-corrected chi connectivity index (χ4v) is 9.55. The monoisotopic (exact) mass is 511 g/mol. The van der Waals surface area contributed by atoms with Crippen LogP contribution in [0.25, 0.3) is 0 Å². The molecule has 1 unspecified atom stereocenters. The van der Waals surface area contributed by atoms with Gasteiger partial charge in [-0.1, -0.05) is 53.0 Å². The fraction of sp³-hybridized carbons (Fsp3) is 0.692. The third-order valence-corrected chi connectivity index (χ3v) is 11.6. The Bertz CT molecular complexity index is 795. The molecule has 0 heterocycles. The Morgan fingerprint density at radius 3 is 2.06 bits per heavy atom. The number of hydrogen-bond acceptors (Lipinski definition) is 5. The third kappa shape index (κ3) is 10.9. The van der Waals surface area contributed by atoms with E-state index in [4.69, 9.17) is 5.11 Å². The Morgan fingerprint density at radius 2 is 1.57 bits per heavy atom. The highest BCUT2D eigenvalue weighted by molar-refractivity contribution is 7.75. The molecule has 0 fully saturated rings. The topological polar surface area (TPSA) is 119 Å². The Hall–Kier alpha value is -2.21. The number of carbonyl (C=O) groups is 2. The van der Waals surface area contributed by atoms with Crippen molar-refractivity contribution in [3.05, 3.63) is 39.4 Å². The summed E-state index contributed by atoms with van der Waals surface area (Å²) >= 11 is 0.